The van der Waals surface area contributed by atoms with Crippen molar-refractivity contribution in [2.24, 2.45) is 0 Å². The highest BCUT2D eigenvalue weighted by molar-refractivity contribution is 8.12. The maximum absolute atomic E-state index is 9.33. The highest BCUT2D eigenvalue weighted by Gasteiger charge is 2.09. The molecule has 0 saturated carbocycles. The van der Waals surface area contributed by atoms with Crippen molar-refractivity contribution in [1.29, 1.82) is 0 Å². The summed E-state index contributed by atoms with van der Waals surface area (Å²) in [5.74, 6) is 6.03. The molecule has 2 nitrogen and oxygen atoms in total. The lowest BCUT2D eigenvalue weighted by molar-refractivity contribution is 0.493. The smallest absolute Gasteiger partial charge is 0.214 e. The molecule has 2 N–H and O–H groups in total. The second-order valence-electron chi connectivity index (χ2n) is 3.71. The summed E-state index contributed by atoms with van der Waals surface area (Å²) in [6.45, 7) is -3.33. The number of hydrogen-bond acceptors (Lipinski definition) is 1. The van der Waals surface area contributed by atoms with E-state index in [1.807, 2.05) is 30.3 Å². The second-order valence-corrected chi connectivity index (χ2v) is 6.84. The topological polar surface area (TPSA) is 40.5 Å². The van der Waals surface area contributed by atoms with Crippen LogP contribution in [0.2, 0.25) is 0 Å². The van der Waals surface area contributed by atoms with Gasteiger partial charge in [0.2, 0.25) is 6.49 Å². The molecule has 0 heterocycles. The summed E-state index contributed by atoms with van der Waals surface area (Å²) in [4.78, 5) is 18.7. The zero-order chi connectivity index (χ0) is 13.0. The highest BCUT2D eigenvalue weighted by Crippen LogP contribution is 2.33. The van der Waals surface area contributed by atoms with E-state index in [9.17, 15) is 9.79 Å². The van der Waals surface area contributed by atoms with Crippen molar-refractivity contribution in [3.05, 3.63) is 65.7 Å². The van der Waals surface area contributed by atoms with Crippen LogP contribution in [0.1, 0.15) is 11.1 Å². The first-order chi connectivity index (χ1) is 8.55. The van der Waals surface area contributed by atoms with Crippen LogP contribution in [0.15, 0.2) is 54.6 Å². The van der Waals surface area contributed by atoms with Crippen LogP contribution < -0.4 is 5.30 Å². The number of benzene rings is 2. The second kappa shape index (κ2) is 5.48. The van der Waals surface area contributed by atoms with Gasteiger partial charge in [-0.2, -0.15) is 0 Å². The molecule has 2 aromatic carbocycles. The van der Waals surface area contributed by atoms with Gasteiger partial charge >= 0.3 is 0 Å². The van der Waals surface area contributed by atoms with E-state index in [0.29, 0.717) is 5.30 Å². The number of rotatable bonds is 1. The van der Waals surface area contributed by atoms with E-state index in [4.69, 9.17) is 0 Å². The van der Waals surface area contributed by atoms with Gasteiger partial charge in [-0.1, -0.05) is 30.0 Å². The van der Waals surface area contributed by atoms with Gasteiger partial charge in [-0.25, -0.2) is 0 Å². The molecule has 0 aliphatic carbocycles. The Morgan fingerprint density at radius 2 is 1.28 bits per heavy atom. The van der Waals surface area contributed by atoms with Gasteiger partial charge in [-0.05, 0) is 48.2 Å². The predicted octanol–water partition coefficient (Wildman–Crippen LogP) is 2.01. The standard InChI is InChI=1S/C14H11O2PS/c15-17(16,18)14-10-8-13(9-11-14)7-6-12-4-2-1-3-5-12/h1-5,8-11H,(H2,15,16,18). The minimum absolute atomic E-state index is 0.378. The third-order valence-electron chi connectivity index (χ3n) is 2.33. The summed E-state index contributed by atoms with van der Waals surface area (Å²) in [5.41, 5.74) is 1.75. The van der Waals surface area contributed by atoms with E-state index in [2.05, 4.69) is 23.6 Å². The zero-order valence-electron chi connectivity index (χ0n) is 9.45. The van der Waals surface area contributed by atoms with Crippen LogP contribution in [0, 0.1) is 11.8 Å². The summed E-state index contributed by atoms with van der Waals surface area (Å²) in [6, 6.07) is 16.4. The Labute approximate surface area is 111 Å². The lowest BCUT2D eigenvalue weighted by Crippen LogP contribution is -2.02. The van der Waals surface area contributed by atoms with Crippen molar-refractivity contribution >= 4 is 23.6 Å². The molecular weight excluding hydrogens is 263 g/mol. The summed E-state index contributed by atoms with van der Waals surface area (Å²) in [6.07, 6.45) is 0. The van der Waals surface area contributed by atoms with Gasteiger partial charge in [0.05, 0.1) is 0 Å². The Kier molecular flexibility index (Phi) is 3.96. The molecule has 0 aromatic heterocycles. The molecule has 0 unspecified atom stereocenters. The average Bonchev–Trinajstić information content (AvgIpc) is 2.37. The minimum Gasteiger partial charge on any atom is -0.342 e. The fourth-order valence-corrected chi connectivity index (χ4v) is 2.31. The van der Waals surface area contributed by atoms with Crippen LogP contribution in [-0.4, -0.2) is 9.79 Å². The average molecular weight is 274 g/mol. The molecule has 18 heavy (non-hydrogen) atoms. The van der Waals surface area contributed by atoms with Crippen molar-refractivity contribution in [3.63, 3.8) is 0 Å². The first kappa shape index (κ1) is 13.0. The Hall–Kier alpha value is -1.43. The van der Waals surface area contributed by atoms with E-state index in [1.54, 1.807) is 24.3 Å². The van der Waals surface area contributed by atoms with Crippen molar-refractivity contribution in [3.8, 4) is 11.8 Å². The SMILES string of the molecule is OP(O)(=S)c1ccc(C#Cc2ccccc2)cc1. The Morgan fingerprint density at radius 1 is 0.778 bits per heavy atom. The van der Waals surface area contributed by atoms with Crippen LogP contribution in [0.3, 0.4) is 0 Å². The van der Waals surface area contributed by atoms with Gasteiger partial charge in [-0.3, -0.25) is 0 Å². The molecule has 2 rings (SSSR count). The summed E-state index contributed by atoms with van der Waals surface area (Å²) < 4.78 is 0. The third kappa shape index (κ3) is 3.53. The monoisotopic (exact) mass is 274 g/mol. The molecule has 0 fully saturated rings. The van der Waals surface area contributed by atoms with Crippen LogP contribution in [0.4, 0.5) is 0 Å². The lowest BCUT2D eigenvalue weighted by Gasteiger charge is -2.06. The molecule has 0 aliphatic rings. The molecule has 0 bridgehead atoms. The predicted molar refractivity (Wildman–Crippen MR) is 77.2 cm³/mol. The van der Waals surface area contributed by atoms with Crippen molar-refractivity contribution in [2.45, 2.75) is 0 Å². The molecule has 90 valence electrons. The molecule has 0 atom stereocenters. The summed E-state index contributed by atoms with van der Waals surface area (Å²) in [7, 11) is 0. The Bertz CT molecular complexity index is 633. The van der Waals surface area contributed by atoms with E-state index in [1.165, 1.54) is 0 Å². The molecule has 0 amide bonds. The highest BCUT2D eigenvalue weighted by atomic mass is 32.5. The van der Waals surface area contributed by atoms with Crippen molar-refractivity contribution in [1.82, 2.24) is 0 Å². The minimum atomic E-state index is -3.33. The van der Waals surface area contributed by atoms with Gasteiger partial charge in [0.15, 0.2) is 0 Å². The van der Waals surface area contributed by atoms with Crippen molar-refractivity contribution < 1.29 is 9.79 Å². The van der Waals surface area contributed by atoms with Gasteiger partial charge in [0.25, 0.3) is 0 Å². The molecule has 0 saturated heterocycles. The Morgan fingerprint density at radius 3 is 1.78 bits per heavy atom. The van der Waals surface area contributed by atoms with Crippen LogP contribution in [-0.2, 0) is 11.8 Å². The Balaban J connectivity index is 2.22. The third-order valence-corrected chi connectivity index (χ3v) is 3.93. The van der Waals surface area contributed by atoms with Gasteiger partial charge in [-0.15, -0.1) is 0 Å². The molecular formula is C14H11O2PS. The normalized spacial score (nSPS) is 10.6. The van der Waals surface area contributed by atoms with Gasteiger partial charge in [0.1, 0.15) is 0 Å². The fourth-order valence-electron chi connectivity index (χ4n) is 1.40. The van der Waals surface area contributed by atoms with Crippen LogP contribution >= 0.6 is 6.49 Å². The fraction of sp³-hybridized carbons (Fsp3) is 0. The van der Waals surface area contributed by atoms with Crippen molar-refractivity contribution in [2.75, 3.05) is 0 Å². The molecule has 2 aromatic rings. The van der Waals surface area contributed by atoms with Gasteiger partial charge < -0.3 is 9.79 Å². The largest absolute Gasteiger partial charge is 0.342 e. The number of hydrogen-bond donors (Lipinski definition) is 2. The van der Waals surface area contributed by atoms with Crippen LogP contribution in [0.5, 0.6) is 0 Å². The van der Waals surface area contributed by atoms with Crippen LogP contribution in [0.25, 0.3) is 0 Å². The summed E-state index contributed by atoms with van der Waals surface area (Å²) in [5, 5.41) is 0.378. The lowest BCUT2D eigenvalue weighted by atomic mass is 10.2. The molecule has 4 heteroatoms. The first-order valence-corrected chi connectivity index (χ1v) is 8.00. The first-order valence-electron chi connectivity index (χ1n) is 5.29. The molecule has 0 radical (unpaired) electrons. The van der Waals surface area contributed by atoms with E-state index < -0.39 is 6.49 Å². The maximum atomic E-state index is 9.33. The zero-order valence-corrected chi connectivity index (χ0v) is 11.2. The maximum Gasteiger partial charge on any atom is 0.214 e. The van der Waals surface area contributed by atoms with E-state index in [0.717, 1.165) is 11.1 Å². The summed E-state index contributed by atoms with van der Waals surface area (Å²) >= 11 is 4.62. The quantitative estimate of drug-likeness (QED) is 0.617. The molecule has 0 aliphatic heterocycles. The van der Waals surface area contributed by atoms with E-state index in [-0.39, 0.29) is 0 Å². The van der Waals surface area contributed by atoms with E-state index >= 15 is 0 Å². The molecule has 0 spiro atoms. The van der Waals surface area contributed by atoms with Gasteiger partial charge in [0, 0.05) is 16.4 Å².